The number of fused-ring (bicyclic) bond motifs is 1. The molecule has 1 aliphatic carbocycles. The molecular formula is C23H29N3O. The number of aryl methyl sites for hydroxylation is 1. The molecule has 2 aromatic carbocycles. The maximum Gasteiger partial charge on any atom is 0.237 e. The number of amides is 1. The van der Waals surface area contributed by atoms with E-state index in [0.717, 1.165) is 45.4 Å². The van der Waals surface area contributed by atoms with Crippen LogP contribution in [0.25, 0.3) is 0 Å². The van der Waals surface area contributed by atoms with Gasteiger partial charge in [-0.25, -0.2) is 0 Å². The molecule has 0 spiro atoms. The van der Waals surface area contributed by atoms with Crippen molar-refractivity contribution in [3.05, 3.63) is 65.7 Å². The first-order valence-electron chi connectivity index (χ1n) is 10.1. The van der Waals surface area contributed by atoms with Crippen molar-refractivity contribution in [2.75, 3.05) is 44.7 Å². The first-order chi connectivity index (χ1) is 13.2. The lowest BCUT2D eigenvalue weighted by Gasteiger charge is -2.38. The van der Waals surface area contributed by atoms with Crippen molar-refractivity contribution >= 4 is 11.6 Å². The lowest BCUT2D eigenvalue weighted by Crippen LogP contribution is -2.50. The van der Waals surface area contributed by atoms with Crippen LogP contribution in [0, 0.1) is 0 Å². The van der Waals surface area contributed by atoms with Crippen molar-refractivity contribution in [1.29, 1.82) is 0 Å². The number of rotatable bonds is 4. The van der Waals surface area contributed by atoms with Gasteiger partial charge >= 0.3 is 0 Å². The largest absolute Gasteiger partial charge is 0.369 e. The molecule has 1 fully saturated rings. The number of hydrogen-bond donors (Lipinski definition) is 0. The van der Waals surface area contributed by atoms with Crippen LogP contribution in [0.2, 0.25) is 0 Å². The molecular weight excluding hydrogens is 334 g/mol. The summed E-state index contributed by atoms with van der Waals surface area (Å²) in [5, 5.41) is 0. The van der Waals surface area contributed by atoms with Gasteiger partial charge in [-0.05, 0) is 42.5 Å². The molecule has 0 N–H and O–H groups in total. The van der Waals surface area contributed by atoms with Crippen LogP contribution in [-0.4, -0.2) is 55.5 Å². The van der Waals surface area contributed by atoms with Crippen molar-refractivity contribution in [1.82, 2.24) is 9.80 Å². The maximum atomic E-state index is 12.9. The van der Waals surface area contributed by atoms with Gasteiger partial charge in [-0.1, -0.05) is 42.5 Å². The molecule has 1 heterocycles. The summed E-state index contributed by atoms with van der Waals surface area (Å²) in [5.41, 5.74) is 4.03. The quantitative estimate of drug-likeness (QED) is 0.834. The number of carbonyl (C=O) groups excluding carboxylic acids is 1. The Morgan fingerprint density at radius 2 is 1.70 bits per heavy atom. The van der Waals surface area contributed by atoms with E-state index in [1.807, 2.05) is 11.9 Å². The molecule has 1 saturated heterocycles. The van der Waals surface area contributed by atoms with E-state index in [-0.39, 0.29) is 11.9 Å². The summed E-state index contributed by atoms with van der Waals surface area (Å²) in [6.45, 7) is 4.36. The summed E-state index contributed by atoms with van der Waals surface area (Å²) in [5.74, 6) is 0.241. The third-order valence-electron chi connectivity index (χ3n) is 6.05. The van der Waals surface area contributed by atoms with Crippen molar-refractivity contribution in [2.24, 2.45) is 0 Å². The summed E-state index contributed by atoms with van der Waals surface area (Å²) >= 11 is 0. The highest BCUT2D eigenvalue weighted by atomic mass is 16.2. The van der Waals surface area contributed by atoms with Crippen LogP contribution in [0.4, 0.5) is 5.69 Å². The van der Waals surface area contributed by atoms with Gasteiger partial charge in [0.2, 0.25) is 5.91 Å². The molecule has 0 radical (unpaired) electrons. The van der Waals surface area contributed by atoms with Gasteiger partial charge in [-0.3, -0.25) is 9.69 Å². The van der Waals surface area contributed by atoms with E-state index in [1.165, 1.54) is 16.8 Å². The smallest absolute Gasteiger partial charge is 0.237 e. The Morgan fingerprint density at radius 1 is 1.00 bits per heavy atom. The minimum Gasteiger partial charge on any atom is -0.369 e. The topological polar surface area (TPSA) is 26.8 Å². The van der Waals surface area contributed by atoms with Crippen LogP contribution in [-0.2, 0) is 11.2 Å². The van der Waals surface area contributed by atoms with Gasteiger partial charge in [-0.2, -0.15) is 0 Å². The lowest BCUT2D eigenvalue weighted by atomic mass is 9.87. The summed E-state index contributed by atoms with van der Waals surface area (Å²) in [7, 11) is 1.98. The van der Waals surface area contributed by atoms with Gasteiger partial charge in [0.05, 0.1) is 12.6 Å². The van der Waals surface area contributed by atoms with Crippen LogP contribution >= 0.6 is 0 Å². The second kappa shape index (κ2) is 8.13. The Balaban J connectivity index is 1.34. The van der Waals surface area contributed by atoms with E-state index in [0.29, 0.717) is 6.54 Å². The first-order valence-corrected chi connectivity index (χ1v) is 10.1. The number of likely N-dealkylation sites (N-methyl/N-ethyl adjacent to an activating group) is 1. The van der Waals surface area contributed by atoms with Gasteiger partial charge in [0.25, 0.3) is 0 Å². The fourth-order valence-corrected chi connectivity index (χ4v) is 4.41. The number of piperazine rings is 1. The van der Waals surface area contributed by atoms with Crippen molar-refractivity contribution in [3.8, 4) is 0 Å². The fraction of sp³-hybridized carbons (Fsp3) is 0.435. The van der Waals surface area contributed by atoms with Gasteiger partial charge in [0.15, 0.2) is 0 Å². The van der Waals surface area contributed by atoms with Gasteiger partial charge < -0.3 is 9.80 Å². The first kappa shape index (κ1) is 18.1. The Labute approximate surface area is 162 Å². The third kappa shape index (κ3) is 4.01. The molecule has 27 heavy (non-hydrogen) atoms. The number of benzene rings is 2. The van der Waals surface area contributed by atoms with Crippen LogP contribution in [0.5, 0.6) is 0 Å². The highest BCUT2D eigenvalue weighted by molar-refractivity contribution is 5.78. The molecule has 0 bridgehead atoms. The predicted molar refractivity (Wildman–Crippen MR) is 110 cm³/mol. The van der Waals surface area contributed by atoms with E-state index in [1.54, 1.807) is 0 Å². The van der Waals surface area contributed by atoms with E-state index in [4.69, 9.17) is 0 Å². The minimum atomic E-state index is 0.230. The number of hydrogen-bond acceptors (Lipinski definition) is 3. The zero-order valence-electron chi connectivity index (χ0n) is 16.2. The van der Waals surface area contributed by atoms with E-state index in [2.05, 4.69) is 64.4 Å². The van der Waals surface area contributed by atoms with E-state index in [9.17, 15) is 4.79 Å². The zero-order chi connectivity index (χ0) is 18.6. The van der Waals surface area contributed by atoms with E-state index < -0.39 is 0 Å². The predicted octanol–water partition coefficient (Wildman–Crippen LogP) is 3.34. The fourth-order valence-electron chi connectivity index (χ4n) is 4.41. The Hall–Kier alpha value is -2.33. The van der Waals surface area contributed by atoms with Gasteiger partial charge in [0, 0.05) is 38.9 Å². The Bertz CT molecular complexity index is 768. The molecule has 1 atom stereocenters. The lowest BCUT2D eigenvalue weighted by molar-refractivity contribution is -0.133. The monoisotopic (exact) mass is 363 g/mol. The van der Waals surface area contributed by atoms with E-state index >= 15 is 0 Å². The SMILES string of the molecule is CN(C(=O)CN1CCN(c2ccccc2)CC1)C1CCCc2ccccc21. The molecule has 142 valence electrons. The van der Waals surface area contributed by atoms with Crippen LogP contribution < -0.4 is 4.90 Å². The highest BCUT2D eigenvalue weighted by Crippen LogP contribution is 2.33. The number of carbonyl (C=O) groups is 1. The molecule has 1 unspecified atom stereocenters. The second-order valence-electron chi connectivity index (χ2n) is 7.71. The standard InChI is InChI=1S/C23H29N3O/c1-24(22-13-7-9-19-8-5-6-12-21(19)22)23(27)18-25-14-16-26(17-15-25)20-10-3-2-4-11-20/h2-6,8,10-12,22H,7,9,13-18H2,1H3. The average Bonchev–Trinajstić information content (AvgIpc) is 2.74. The molecule has 0 saturated carbocycles. The van der Waals surface area contributed by atoms with Crippen LogP contribution in [0.15, 0.2) is 54.6 Å². The molecule has 1 aliphatic heterocycles. The van der Waals surface area contributed by atoms with Crippen molar-refractivity contribution < 1.29 is 4.79 Å². The minimum absolute atomic E-state index is 0.230. The average molecular weight is 364 g/mol. The summed E-state index contributed by atoms with van der Waals surface area (Å²) < 4.78 is 0. The zero-order valence-corrected chi connectivity index (χ0v) is 16.2. The number of nitrogens with zero attached hydrogens (tertiary/aromatic N) is 3. The number of para-hydroxylation sites is 1. The van der Waals surface area contributed by atoms with Crippen molar-refractivity contribution in [2.45, 2.75) is 25.3 Å². The second-order valence-corrected chi connectivity index (χ2v) is 7.71. The van der Waals surface area contributed by atoms with Crippen molar-refractivity contribution in [3.63, 3.8) is 0 Å². The summed E-state index contributed by atoms with van der Waals surface area (Å²) in [6.07, 6.45) is 3.37. The summed E-state index contributed by atoms with van der Waals surface area (Å²) in [4.78, 5) is 19.6. The number of anilines is 1. The molecule has 4 heteroatoms. The van der Waals surface area contributed by atoms with Crippen LogP contribution in [0.3, 0.4) is 0 Å². The van der Waals surface area contributed by atoms with Gasteiger partial charge in [0.1, 0.15) is 0 Å². The Morgan fingerprint density at radius 3 is 2.48 bits per heavy atom. The highest BCUT2D eigenvalue weighted by Gasteiger charge is 2.28. The van der Waals surface area contributed by atoms with Crippen LogP contribution in [0.1, 0.15) is 30.0 Å². The molecule has 0 aromatic heterocycles. The molecule has 4 nitrogen and oxygen atoms in total. The summed E-state index contributed by atoms with van der Waals surface area (Å²) in [6, 6.07) is 19.4. The molecule has 2 aliphatic rings. The molecule has 1 amide bonds. The third-order valence-corrected chi connectivity index (χ3v) is 6.05. The molecule has 4 rings (SSSR count). The molecule has 2 aromatic rings. The normalized spacial score (nSPS) is 20.2. The Kier molecular flexibility index (Phi) is 5.44. The maximum absolute atomic E-state index is 12.9. The van der Waals surface area contributed by atoms with Gasteiger partial charge in [-0.15, -0.1) is 0 Å².